The Balaban J connectivity index is 1.77. The van der Waals surface area contributed by atoms with Crippen LogP contribution in [0.1, 0.15) is 0 Å². The predicted octanol–water partition coefficient (Wildman–Crippen LogP) is 6.32. The standard InChI is InChI=1S/C18H15O3PS3/c23-16-7-1-13(2-8-16)19-22(20-14-3-9-17(24)10-4-14)21-15-5-11-18(25)12-6-15/h1-12,23-25H. The predicted molar refractivity (Wildman–Crippen MR) is 110 cm³/mol. The summed E-state index contributed by atoms with van der Waals surface area (Å²) < 4.78 is 17.7. The molecule has 128 valence electrons. The average Bonchev–Trinajstić information content (AvgIpc) is 2.61. The van der Waals surface area contributed by atoms with E-state index in [2.05, 4.69) is 37.9 Å². The van der Waals surface area contributed by atoms with E-state index in [4.69, 9.17) is 13.6 Å². The van der Waals surface area contributed by atoms with Crippen molar-refractivity contribution < 1.29 is 13.6 Å². The lowest BCUT2D eigenvalue weighted by Crippen LogP contribution is -2.02. The molecule has 0 aliphatic heterocycles. The van der Waals surface area contributed by atoms with Crippen LogP contribution in [0.25, 0.3) is 0 Å². The molecule has 3 aromatic carbocycles. The van der Waals surface area contributed by atoms with Crippen LogP contribution in [0.4, 0.5) is 0 Å². The van der Waals surface area contributed by atoms with Gasteiger partial charge in [-0.2, -0.15) is 0 Å². The first-order chi connectivity index (χ1) is 12.1. The van der Waals surface area contributed by atoms with Crippen molar-refractivity contribution in [3.63, 3.8) is 0 Å². The smallest absolute Gasteiger partial charge is 0.409 e. The second kappa shape index (κ2) is 8.77. The monoisotopic (exact) mass is 406 g/mol. The summed E-state index contributed by atoms with van der Waals surface area (Å²) in [7, 11) is -1.69. The van der Waals surface area contributed by atoms with Gasteiger partial charge in [0.2, 0.25) is 0 Å². The molecule has 0 radical (unpaired) electrons. The van der Waals surface area contributed by atoms with Gasteiger partial charge < -0.3 is 13.6 Å². The van der Waals surface area contributed by atoms with Crippen molar-refractivity contribution >= 4 is 46.5 Å². The Morgan fingerprint density at radius 3 is 0.920 bits per heavy atom. The van der Waals surface area contributed by atoms with Crippen LogP contribution < -0.4 is 13.6 Å². The van der Waals surface area contributed by atoms with E-state index in [0.29, 0.717) is 17.2 Å². The number of rotatable bonds is 6. The van der Waals surface area contributed by atoms with Crippen molar-refractivity contribution in [2.75, 3.05) is 0 Å². The molecule has 0 atom stereocenters. The molecule has 0 heterocycles. The number of hydrogen-bond acceptors (Lipinski definition) is 6. The molecule has 3 aromatic rings. The summed E-state index contributed by atoms with van der Waals surface area (Å²) in [5.74, 6) is 1.92. The van der Waals surface area contributed by atoms with E-state index < -0.39 is 8.60 Å². The van der Waals surface area contributed by atoms with Crippen molar-refractivity contribution in [3.8, 4) is 17.2 Å². The van der Waals surface area contributed by atoms with Crippen LogP contribution in [0.2, 0.25) is 0 Å². The third kappa shape index (κ3) is 5.79. The molecule has 7 heteroatoms. The van der Waals surface area contributed by atoms with Crippen molar-refractivity contribution in [1.82, 2.24) is 0 Å². The van der Waals surface area contributed by atoms with Gasteiger partial charge in [-0.25, -0.2) is 0 Å². The Morgan fingerprint density at radius 2 is 0.680 bits per heavy atom. The summed E-state index contributed by atoms with van der Waals surface area (Å²) >= 11 is 12.8. The van der Waals surface area contributed by atoms with Crippen LogP contribution in [0.15, 0.2) is 87.5 Å². The van der Waals surface area contributed by atoms with Gasteiger partial charge in [0.05, 0.1) is 0 Å². The Labute approximate surface area is 164 Å². The molecule has 3 rings (SSSR count). The van der Waals surface area contributed by atoms with Gasteiger partial charge in [-0.05, 0) is 72.8 Å². The molecule has 0 aliphatic rings. The molecule has 25 heavy (non-hydrogen) atoms. The molecule has 0 bridgehead atoms. The first-order valence-electron chi connectivity index (χ1n) is 7.30. The fourth-order valence-corrected chi connectivity index (χ4v) is 3.28. The number of thiol groups is 3. The van der Waals surface area contributed by atoms with Crippen LogP contribution in [-0.4, -0.2) is 0 Å². The first kappa shape index (κ1) is 18.3. The molecule has 0 aliphatic carbocycles. The lowest BCUT2D eigenvalue weighted by atomic mass is 10.3. The Morgan fingerprint density at radius 1 is 0.440 bits per heavy atom. The highest BCUT2D eigenvalue weighted by Crippen LogP contribution is 2.42. The largest absolute Gasteiger partial charge is 0.530 e. The summed E-state index contributed by atoms with van der Waals surface area (Å²) in [6.07, 6.45) is 0. The van der Waals surface area contributed by atoms with Gasteiger partial charge >= 0.3 is 8.60 Å². The normalized spacial score (nSPS) is 10.6. The summed E-state index contributed by atoms with van der Waals surface area (Å²) in [5.41, 5.74) is 0. The molecule has 0 unspecified atom stereocenters. The molecule has 0 N–H and O–H groups in total. The van der Waals surface area contributed by atoms with Crippen LogP contribution in [0, 0.1) is 0 Å². The molecular formula is C18H15O3PS3. The highest BCUT2D eigenvalue weighted by Gasteiger charge is 2.19. The fraction of sp³-hybridized carbons (Fsp3) is 0. The minimum absolute atomic E-state index is 0.639. The van der Waals surface area contributed by atoms with E-state index in [9.17, 15) is 0 Å². The third-order valence-electron chi connectivity index (χ3n) is 3.05. The van der Waals surface area contributed by atoms with Gasteiger partial charge in [0, 0.05) is 14.7 Å². The highest BCUT2D eigenvalue weighted by molar-refractivity contribution is 7.80. The molecule has 0 spiro atoms. The van der Waals surface area contributed by atoms with Gasteiger partial charge in [0.1, 0.15) is 17.2 Å². The van der Waals surface area contributed by atoms with Gasteiger partial charge in [-0.15, -0.1) is 37.9 Å². The summed E-state index contributed by atoms with van der Waals surface area (Å²) in [5, 5.41) is 0. The summed E-state index contributed by atoms with van der Waals surface area (Å²) in [4.78, 5) is 2.56. The van der Waals surface area contributed by atoms with E-state index in [1.807, 2.05) is 72.8 Å². The number of benzene rings is 3. The Kier molecular flexibility index (Phi) is 6.43. The van der Waals surface area contributed by atoms with E-state index in [1.165, 1.54) is 0 Å². The van der Waals surface area contributed by atoms with Gasteiger partial charge in [-0.3, -0.25) is 0 Å². The Bertz CT molecular complexity index is 696. The fourth-order valence-electron chi connectivity index (χ4n) is 1.84. The maximum atomic E-state index is 5.89. The molecule has 0 aromatic heterocycles. The number of hydrogen-bond donors (Lipinski definition) is 3. The molecular weight excluding hydrogens is 391 g/mol. The van der Waals surface area contributed by atoms with E-state index in [1.54, 1.807) is 0 Å². The van der Waals surface area contributed by atoms with Gasteiger partial charge in [0.15, 0.2) is 0 Å². The van der Waals surface area contributed by atoms with E-state index in [0.717, 1.165) is 14.7 Å². The minimum atomic E-state index is -1.69. The van der Waals surface area contributed by atoms with Crippen molar-refractivity contribution in [1.29, 1.82) is 0 Å². The summed E-state index contributed by atoms with van der Waals surface area (Å²) in [6.45, 7) is 0. The minimum Gasteiger partial charge on any atom is -0.409 e. The highest BCUT2D eigenvalue weighted by atomic mass is 32.1. The second-order valence-electron chi connectivity index (χ2n) is 4.98. The van der Waals surface area contributed by atoms with E-state index >= 15 is 0 Å². The lowest BCUT2D eigenvalue weighted by molar-refractivity contribution is 0.388. The second-order valence-corrected chi connectivity index (χ2v) is 7.52. The molecule has 0 fully saturated rings. The van der Waals surface area contributed by atoms with Crippen LogP contribution in [-0.2, 0) is 0 Å². The van der Waals surface area contributed by atoms with Gasteiger partial charge in [0.25, 0.3) is 0 Å². The summed E-state index contributed by atoms with van der Waals surface area (Å²) in [6, 6.07) is 22.0. The maximum absolute atomic E-state index is 5.89. The van der Waals surface area contributed by atoms with Crippen LogP contribution >= 0.6 is 46.5 Å². The van der Waals surface area contributed by atoms with Crippen LogP contribution in [0.5, 0.6) is 17.2 Å². The SMILES string of the molecule is Sc1ccc(OP(Oc2ccc(S)cc2)Oc2ccc(S)cc2)cc1. The first-order valence-corrected chi connectivity index (χ1v) is 9.73. The van der Waals surface area contributed by atoms with E-state index in [-0.39, 0.29) is 0 Å². The molecule has 0 amide bonds. The quantitative estimate of drug-likeness (QED) is 0.330. The van der Waals surface area contributed by atoms with Crippen molar-refractivity contribution in [2.24, 2.45) is 0 Å². The van der Waals surface area contributed by atoms with Crippen molar-refractivity contribution in [3.05, 3.63) is 72.8 Å². The lowest BCUT2D eigenvalue weighted by Gasteiger charge is -2.18. The Hall–Kier alpha value is -1.46. The molecule has 0 saturated heterocycles. The zero-order valence-corrected chi connectivity index (χ0v) is 16.5. The average molecular weight is 406 g/mol. The molecule has 0 saturated carbocycles. The maximum Gasteiger partial charge on any atom is 0.530 e. The van der Waals surface area contributed by atoms with Crippen LogP contribution in [0.3, 0.4) is 0 Å². The topological polar surface area (TPSA) is 27.7 Å². The van der Waals surface area contributed by atoms with Crippen molar-refractivity contribution in [2.45, 2.75) is 14.7 Å². The van der Waals surface area contributed by atoms with Gasteiger partial charge in [-0.1, -0.05) is 0 Å². The zero-order valence-electron chi connectivity index (χ0n) is 12.9. The molecule has 3 nitrogen and oxygen atoms in total. The third-order valence-corrected chi connectivity index (χ3v) is 5.02. The zero-order chi connectivity index (χ0) is 17.6.